The lowest BCUT2D eigenvalue weighted by atomic mass is 9.79. The summed E-state index contributed by atoms with van der Waals surface area (Å²) in [4.78, 5) is 13.5. The Morgan fingerprint density at radius 3 is 2.75 bits per heavy atom. The molecule has 0 aromatic carbocycles. The van der Waals surface area contributed by atoms with Gasteiger partial charge in [-0.15, -0.1) is 0 Å². The Balaban J connectivity index is 1.46. The standard InChI is InChI=1S/C22H30N4O2/c1-25(2)20-8-7-17(15-24-20)16-26-13-11-22(27-3)10-9-18(14-19(22)26)28-21-6-4-5-12-23-21/h4-8,12,15,18-19H,9-11,13-14,16H2,1-3H3/t18-,19+,22-/m1/s1. The second-order valence-electron chi connectivity index (χ2n) is 8.11. The second kappa shape index (κ2) is 8.05. The van der Waals surface area contributed by atoms with Crippen molar-refractivity contribution >= 4 is 5.82 Å². The van der Waals surface area contributed by atoms with Crippen molar-refractivity contribution < 1.29 is 9.47 Å². The molecule has 2 aliphatic rings. The summed E-state index contributed by atoms with van der Waals surface area (Å²) in [6, 6.07) is 10.4. The number of hydrogen-bond donors (Lipinski definition) is 0. The van der Waals surface area contributed by atoms with Crippen molar-refractivity contribution in [2.24, 2.45) is 0 Å². The van der Waals surface area contributed by atoms with E-state index in [-0.39, 0.29) is 11.7 Å². The molecule has 6 nitrogen and oxygen atoms in total. The molecule has 0 spiro atoms. The minimum Gasteiger partial charge on any atom is -0.474 e. The number of hydrogen-bond acceptors (Lipinski definition) is 6. The number of anilines is 1. The van der Waals surface area contributed by atoms with Gasteiger partial charge in [0.2, 0.25) is 5.88 Å². The topological polar surface area (TPSA) is 50.7 Å². The highest BCUT2D eigenvalue weighted by Crippen LogP contribution is 2.43. The number of likely N-dealkylation sites (tertiary alicyclic amines) is 1. The van der Waals surface area contributed by atoms with Gasteiger partial charge in [-0.25, -0.2) is 9.97 Å². The van der Waals surface area contributed by atoms with E-state index >= 15 is 0 Å². The minimum absolute atomic E-state index is 0.0546. The summed E-state index contributed by atoms with van der Waals surface area (Å²) in [5.74, 6) is 1.70. The van der Waals surface area contributed by atoms with E-state index in [1.165, 1.54) is 5.56 Å². The van der Waals surface area contributed by atoms with Gasteiger partial charge in [-0.3, -0.25) is 4.90 Å². The molecule has 2 aromatic rings. The molecule has 150 valence electrons. The maximum Gasteiger partial charge on any atom is 0.213 e. The molecule has 0 radical (unpaired) electrons. The van der Waals surface area contributed by atoms with Crippen molar-refractivity contribution in [2.75, 3.05) is 32.6 Å². The van der Waals surface area contributed by atoms with Crippen LogP contribution in [0.5, 0.6) is 5.88 Å². The predicted molar refractivity (Wildman–Crippen MR) is 110 cm³/mol. The Bertz CT molecular complexity index is 768. The highest BCUT2D eigenvalue weighted by atomic mass is 16.5. The van der Waals surface area contributed by atoms with E-state index in [0.717, 1.165) is 44.6 Å². The van der Waals surface area contributed by atoms with Gasteiger partial charge in [0, 0.05) is 65.2 Å². The average Bonchev–Trinajstić information content (AvgIpc) is 3.08. The molecule has 1 saturated heterocycles. The van der Waals surface area contributed by atoms with Crippen LogP contribution in [0, 0.1) is 0 Å². The third-order valence-corrected chi connectivity index (χ3v) is 6.23. The largest absolute Gasteiger partial charge is 0.474 e. The lowest BCUT2D eigenvalue weighted by molar-refractivity contribution is -0.0843. The summed E-state index contributed by atoms with van der Waals surface area (Å²) in [5.41, 5.74) is 1.19. The van der Waals surface area contributed by atoms with Crippen LogP contribution in [0.4, 0.5) is 5.82 Å². The maximum atomic E-state index is 6.18. The fourth-order valence-corrected chi connectivity index (χ4v) is 4.65. The van der Waals surface area contributed by atoms with Crippen LogP contribution in [0.25, 0.3) is 0 Å². The van der Waals surface area contributed by atoms with Crippen LogP contribution in [0.2, 0.25) is 0 Å². The molecule has 0 N–H and O–H groups in total. The molecule has 2 fully saturated rings. The van der Waals surface area contributed by atoms with E-state index in [1.54, 1.807) is 6.20 Å². The fraction of sp³-hybridized carbons (Fsp3) is 0.545. The quantitative estimate of drug-likeness (QED) is 0.765. The van der Waals surface area contributed by atoms with Crippen LogP contribution in [0.15, 0.2) is 42.7 Å². The number of rotatable bonds is 6. The van der Waals surface area contributed by atoms with E-state index in [9.17, 15) is 0 Å². The third kappa shape index (κ3) is 3.84. The van der Waals surface area contributed by atoms with E-state index < -0.39 is 0 Å². The van der Waals surface area contributed by atoms with Gasteiger partial charge in [-0.05, 0) is 37.0 Å². The fourth-order valence-electron chi connectivity index (χ4n) is 4.65. The first-order valence-corrected chi connectivity index (χ1v) is 10.1. The molecule has 3 heterocycles. The van der Waals surface area contributed by atoms with E-state index in [0.29, 0.717) is 11.9 Å². The molecule has 1 aliphatic heterocycles. The Kier molecular flexibility index (Phi) is 5.51. The summed E-state index contributed by atoms with van der Waals surface area (Å²) in [6.45, 7) is 1.94. The Hall–Kier alpha value is -2.18. The smallest absolute Gasteiger partial charge is 0.213 e. The number of ether oxygens (including phenoxy) is 2. The molecule has 6 heteroatoms. The molecule has 3 atom stereocenters. The van der Waals surface area contributed by atoms with Gasteiger partial charge in [0.1, 0.15) is 11.9 Å². The van der Waals surface area contributed by atoms with Crippen molar-refractivity contribution in [3.05, 3.63) is 48.3 Å². The van der Waals surface area contributed by atoms with Crippen LogP contribution in [-0.4, -0.2) is 60.4 Å². The van der Waals surface area contributed by atoms with Gasteiger partial charge in [0.15, 0.2) is 0 Å². The number of fused-ring (bicyclic) bond motifs is 1. The first kappa shape index (κ1) is 19.2. The number of methoxy groups -OCH3 is 1. The molecule has 28 heavy (non-hydrogen) atoms. The highest BCUT2D eigenvalue weighted by Gasteiger charge is 2.51. The average molecular weight is 383 g/mol. The molecule has 1 saturated carbocycles. The van der Waals surface area contributed by atoms with Crippen LogP contribution >= 0.6 is 0 Å². The third-order valence-electron chi connectivity index (χ3n) is 6.23. The Labute approximate surface area is 167 Å². The lowest BCUT2D eigenvalue weighted by Gasteiger charge is -2.43. The number of aromatic nitrogens is 2. The summed E-state index contributed by atoms with van der Waals surface area (Å²) in [5, 5.41) is 0. The lowest BCUT2D eigenvalue weighted by Crippen LogP contribution is -2.52. The van der Waals surface area contributed by atoms with Gasteiger partial charge in [0.25, 0.3) is 0 Å². The van der Waals surface area contributed by atoms with E-state index in [2.05, 4.69) is 27.0 Å². The summed E-state index contributed by atoms with van der Waals surface area (Å²) in [6.07, 6.45) is 8.03. The molecule has 1 aliphatic carbocycles. The van der Waals surface area contributed by atoms with Crippen molar-refractivity contribution in [3.63, 3.8) is 0 Å². The van der Waals surface area contributed by atoms with Crippen molar-refractivity contribution in [3.8, 4) is 5.88 Å². The minimum atomic E-state index is -0.0546. The van der Waals surface area contributed by atoms with Crippen LogP contribution in [-0.2, 0) is 11.3 Å². The molecule has 4 rings (SSSR count). The zero-order valence-corrected chi connectivity index (χ0v) is 17.0. The Morgan fingerprint density at radius 1 is 1.18 bits per heavy atom. The van der Waals surface area contributed by atoms with Crippen molar-refractivity contribution in [2.45, 2.75) is 50.0 Å². The second-order valence-corrected chi connectivity index (χ2v) is 8.11. The van der Waals surface area contributed by atoms with E-state index in [4.69, 9.17) is 9.47 Å². The Morgan fingerprint density at radius 2 is 2.07 bits per heavy atom. The predicted octanol–water partition coefficient (Wildman–Crippen LogP) is 3.13. The molecule has 0 amide bonds. The number of pyridine rings is 2. The molecule has 0 unspecified atom stereocenters. The SMILES string of the molecule is CO[C@@]12CC[C@@H](Oc3ccccn3)C[C@@H]1N(Cc1ccc(N(C)C)nc1)CC2. The van der Waals surface area contributed by atoms with Crippen molar-refractivity contribution in [1.82, 2.24) is 14.9 Å². The van der Waals surface area contributed by atoms with Crippen LogP contribution in [0.1, 0.15) is 31.2 Å². The monoisotopic (exact) mass is 382 g/mol. The molecule has 2 aromatic heterocycles. The van der Waals surface area contributed by atoms with Crippen molar-refractivity contribution in [1.29, 1.82) is 0 Å². The van der Waals surface area contributed by atoms with Crippen LogP contribution in [0.3, 0.4) is 0 Å². The van der Waals surface area contributed by atoms with Gasteiger partial charge in [0.05, 0.1) is 5.60 Å². The highest BCUT2D eigenvalue weighted by molar-refractivity contribution is 5.37. The molecular formula is C22H30N4O2. The van der Waals surface area contributed by atoms with Gasteiger partial charge >= 0.3 is 0 Å². The zero-order chi connectivity index (χ0) is 19.6. The zero-order valence-electron chi connectivity index (χ0n) is 17.0. The summed E-state index contributed by atoms with van der Waals surface area (Å²) in [7, 11) is 5.89. The molecule has 0 bridgehead atoms. The first-order chi connectivity index (χ1) is 13.6. The first-order valence-electron chi connectivity index (χ1n) is 10.1. The number of nitrogens with zero attached hydrogens (tertiary/aromatic N) is 4. The van der Waals surface area contributed by atoms with Gasteiger partial charge in [-0.1, -0.05) is 12.1 Å². The molecular weight excluding hydrogens is 352 g/mol. The summed E-state index contributed by atoms with van der Waals surface area (Å²) < 4.78 is 12.3. The maximum absolute atomic E-state index is 6.18. The summed E-state index contributed by atoms with van der Waals surface area (Å²) >= 11 is 0. The van der Waals surface area contributed by atoms with Crippen LogP contribution < -0.4 is 9.64 Å². The normalized spacial score (nSPS) is 27.4. The van der Waals surface area contributed by atoms with E-state index in [1.807, 2.05) is 50.5 Å². The van der Waals surface area contributed by atoms with Gasteiger partial charge < -0.3 is 14.4 Å². The van der Waals surface area contributed by atoms with Gasteiger partial charge in [-0.2, -0.15) is 0 Å².